The molecule has 0 N–H and O–H groups in total. The molecule has 0 bridgehead atoms. The van der Waals surface area contributed by atoms with E-state index in [2.05, 4.69) is 48.0 Å². The van der Waals surface area contributed by atoms with Gasteiger partial charge in [-0.15, -0.1) is 0 Å². The molecule has 0 fully saturated rings. The highest BCUT2D eigenvalue weighted by Gasteiger charge is 2.20. The van der Waals surface area contributed by atoms with Crippen molar-refractivity contribution in [2.75, 3.05) is 21.3 Å². The second kappa shape index (κ2) is 9.60. The normalized spacial score (nSPS) is 10.8. The van der Waals surface area contributed by atoms with Gasteiger partial charge in [-0.25, -0.2) is 0 Å². The molecular weight excluding hydrogens is 400 g/mol. The van der Waals surface area contributed by atoms with Crippen LogP contribution < -0.4 is 14.2 Å². The molecule has 3 aromatic carbocycles. The van der Waals surface area contributed by atoms with Crippen molar-refractivity contribution in [2.45, 2.75) is 19.9 Å². The number of nitrogens with zero attached hydrogens (tertiary/aromatic N) is 2. The average Bonchev–Trinajstić information content (AvgIpc) is 3.22. The molecule has 1 heterocycles. The number of hydrogen-bond donors (Lipinski definition) is 0. The molecule has 0 radical (unpaired) electrons. The third-order valence-corrected chi connectivity index (χ3v) is 5.62. The molecule has 0 saturated carbocycles. The van der Waals surface area contributed by atoms with E-state index in [0.29, 0.717) is 6.54 Å². The zero-order valence-electron chi connectivity index (χ0n) is 19.0. The van der Waals surface area contributed by atoms with Crippen molar-refractivity contribution in [3.05, 3.63) is 83.9 Å². The molecule has 0 amide bonds. The predicted molar refractivity (Wildman–Crippen MR) is 128 cm³/mol. The topological polar surface area (TPSA) is 45.5 Å². The first kappa shape index (κ1) is 21.5. The SMILES string of the molecule is CCc1c(-c2ccc(OC)cc2)nn(Cc2ccc(OC)cc2)c1-c1ccc(OC)cc1. The minimum absolute atomic E-state index is 0.661. The van der Waals surface area contributed by atoms with Crippen molar-refractivity contribution in [1.29, 1.82) is 0 Å². The smallest absolute Gasteiger partial charge is 0.118 e. The van der Waals surface area contributed by atoms with Gasteiger partial charge in [-0.2, -0.15) is 5.10 Å². The average molecular weight is 429 g/mol. The van der Waals surface area contributed by atoms with Crippen molar-refractivity contribution in [3.8, 4) is 39.8 Å². The summed E-state index contributed by atoms with van der Waals surface area (Å²) < 4.78 is 18.1. The lowest BCUT2D eigenvalue weighted by Crippen LogP contribution is -2.04. The third-order valence-electron chi connectivity index (χ3n) is 5.62. The number of methoxy groups -OCH3 is 3. The fourth-order valence-corrected chi connectivity index (χ4v) is 3.91. The van der Waals surface area contributed by atoms with Gasteiger partial charge in [-0.1, -0.05) is 19.1 Å². The van der Waals surface area contributed by atoms with Gasteiger partial charge in [0, 0.05) is 16.7 Å². The van der Waals surface area contributed by atoms with Crippen molar-refractivity contribution >= 4 is 0 Å². The molecule has 164 valence electrons. The van der Waals surface area contributed by atoms with Gasteiger partial charge in [0.15, 0.2) is 0 Å². The molecule has 5 nitrogen and oxygen atoms in total. The van der Waals surface area contributed by atoms with Crippen LogP contribution in [0.1, 0.15) is 18.1 Å². The quantitative estimate of drug-likeness (QED) is 0.353. The summed E-state index contributed by atoms with van der Waals surface area (Å²) in [5, 5.41) is 5.08. The Kier molecular flexibility index (Phi) is 6.45. The number of hydrogen-bond acceptors (Lipinski definition) is 4. The van der Waals surface area contributed by atoms with Gasteiger partial charge in [0.1, 0.15) is 17.2 Å². The third kappa shape index (κ3) is 4.33. The minimum Gasteiger partial charge on any atom is -0.497 e. The van der Waals surface area contributed by atoms with Crippen LogP contribution in [-0.4, -0.2) is 31.1 Å². The number of benzene rings is 3. The van der Waals surface area contributed by atoms with Crippen LogP contribution in [0.4, 0.5) is 0 Å². The van der Waals surface area contributed by atoms with Crippen molar-refractivity contribution in [1.82, 2.24) is 9.78 Å². The number of aromatic nitrogens is 2. The van der Waals surface area contributed by atoms with Crippen LogP contribution in [0.25, 0.3) is 22.5 Å². The molecular formula is C27H28N2O3. The summed E-state index contributed by atoms with van der Waals surface area (Å²) in [6.07, 6.45) is 0.866. The maximum atomic E-state index is 5.36. The molecule has 32 heavy (non-hydrogen) atoms. The molecule has 0 atom stereocenters. The van der Waals surface area contributed by atoms with E-state index in [9.17, 15) is 0 Å². The summed E-state index contributed by atoms with van der Waals surface area (Å²) in [6, 6.07) is 24.4. The summed E-state index contributed by atoms with van der Waals surface area (Å²) in [7, 11) is 5.04. The summed E-state index contributed by atoms with van der Waals surface area (Å²) in [6.45, 7) is 2.84. The van der Waals surface area contributed by atoms with E-state index >= 15 is 0 Å². The Morgan fingerprint density at radius 1 is 0.656 bits per heavy atom. The Hall–Kier alpha value is -3.73. The molecule has 1 aromatic heterocycles. The van der Waals surface area contributed by atoms with Crippen molar-refractivity contribution in [2.24, 2.45) is 0 Å². The van der Waals surface area contributed by atoms with E-state index in [1.165, 1.54) is 5.56 Å². The lowest BCUT2D eigenvalue weighted by atomic mass is 9.99. The molecule has 4 rings (SSSR count). The Morgan fingerprint density at radius 3 is 1.59 bits per heavy atom. The van der Waals surface area contributed by atoms with Gasteiger partial charge in [0.2, 0.25) is 0 Å². The monoisotopic (exact) mass is 428 g/mol. The molecule has 0 unspecified atom stereocenters. The van der Waals surface area contributed by atoms with Crippen LogP contribution in [-0.2, 0) is 13.0 Å². The molecule has 0 spiro atoms. The zero-order chi connectivity index (χ0) is 22.5. The van der Waals surface area contributed by atoms with E-state index in [1.807, 2.05) is 36.4 Å². The lowest BCUT2D eigenvalue weighted by molar-refractivity contribution is 0.414. The highest BCUT2D eigenvalue weighted by Crippen LogP contribution is 2.35. The van der Waals surface area contributed by atoms with Crippen LogP contribution >= 0.6 is 0 Å². The first-order valence-corrected chi connectivity index (χ1v) is 10.7. The van der Waals surface area contributed by atoms with Crippen LogP contribution in [0.5, 0.6) is 17.2 Å². The Morgan fingerprint density at radius 2 is 1.12 bits per heavy atom. The van der Waals surface area contributed by atoms with Gasteiger partial charge >= 0.3 is 0 Å². The van der Waals surface area contributed by atoms with E-state index in [0.717, 1.165) is 51.7 Å². The van der Waals surface area contributed by atoms with Crippen LogP contribution in [0.3, 0.4) is 0 Å². The molecule has 5 heteroatoms. The zero-order valence-corrected chi connectivity index (χ0v) is 19.0. The number of rotatable bonds is 8. The fourth-order valence-electron chi connectivity index (χ4n) is 3.91. The van der Waals surface area contributed by atoms with E-state index in [4.69, 9.17) is 19.3 Å². The second-order valence-corrected chi connectivity index (χ2v) is 7.49. The molecule has 4 aromatic rings. The van der Waals surface area contributed by atoms with Crippen molar-refractivity contribution < 1.29 is 14.2 Å². The highest BCUT2D eigenvalue weighted by atomic mass is 16.5. The van der Waals surface area contributed by atoms with Crippen LogP contribution in [0.2, 0.25) is 0 Å². The molecule has 0 aliphatic heterocycles. The van der Waals surface area contributed by atoms with Crippen LogP contribution in [0, 0.1) is 0 Å². The first-order valence-electron chi connectivity index (χ1n) is 10.7. The second-order valence-electron chi connectivity index (χ2n) is 7.49. The summed E-state index contributed by atoms with van der Waals surface area (Å²) >= 11 is 0. The van der Waals surface area contributed by atoms with Gasteiger partial charge in [0.05, 0.1) is 39.3 Å². The van der Waals surface area contributed by atoms with Crippen molar-refractivity contribution in [3.63, 3.8) is 0 Å². The predicted octanol–water partition coefficient (Wildman–Crippen LogP) is 5.85. The Balaban J connectivity index is 1.83. The fraction of sp³-hybridized carbons (Fsp3) is 0.222. The van der Waals surface area contributed by atoms with Gasteiger partial charge in [0.25, 0.3) is 0 Å². The van der Waals surface area contributed by atoms with E-state index < -0.39 is 0 Å². The number of ether oxygens (including phenoxy) is 3. The largest absolute Gasteiger partial charge is 0.497 e. The maximum absolute atomic E-state index is 5.36. The Labute approximate surface area is 189 Å². The van der Waals surface area contributed by atoms with Crippen LogP contribution in [0.15, 0.2) is 72.8 Å². The van der Waals surface area contributed by atoms with E-state index in [1.54, 1.807) is 21.3 Å². The Bertz CT molecular complexity index is 1160. The first-order chi connectivity index (χ1) is 15.7. The molecule has 0 aliphatic carbocycles. The summed E-state index contributed by atoms with van der Waals surface area (Å²) in [4.78, 5) is 0. The molecule has 0 saturated heterocycles. The van der Waals surface area contributed by atoms with Gasteiger partial charge in [-0.05, 0) is 72.6 Å². The molecule has 0 aliphatic rings. The minimum atomic E-state index is 0.661. The van der Waals surface area contributed by atoms with E-state index in [-0.39, 0.29) is 0 Å². The summed E-state index contributed by atoms with van der Waals surface area (Å²) in [5.74, 6) is 2.51. The van der Waals surface area contributed by atoms with Gasteiger partial charge in [-0.3, -0.25) is 4.68 Å². The van der Waals surface area contributed by atoms with Gasteiger partial charge < -0.3 is 14.2 Å². The lowest BCUT2D eigenvalue weighted by Gasteiger charge is -2.11. The highest BCUT2D eigenvalue weighted by molar-refractivity contribution is 5.75. The summed E-state index contributed by atoms with van der Waals surface area (Å²) in [5.41, 5.74) is 6.68. The standard InChI is InChI=1S/C27H28N2O3/c1-5-25-26(20-8-14-23(31-3)15-9-20)28-29(18-19-6-12-22(30-2)13-7-19)27(25)21-10-16-24(32-4)17-11-21/h6-17H,5,18H2,1-4H3. The maximum Gasteiger partial charge on any atom is 0.118 e.